The van der Waals surface area contributed by atoms with Crippen molar-refractivity contribution in [3.63, 3.8) is 0 Å². The van der Waals surface area contributed by atoms with Gasteiger partial charge in [0.2, 0.25) is 0 Å². The molecule has 0 aliphatic heterocycles. The average Bonchev–Trinajstić information content (AvgIpc) is 2.43. The summed E-state index contributed by atoms with van der Waals surface area (Å²) in [5.41, 5.74) is 1.61. The summed E-state index contributed by atoms with van der Waals surface area (Å²) in [6.07, 6.45) is 2.00. The Labute approximate surface area is 270 Å². The summed E-state index contributed by atoms with van der Waals surface area (Å²) in [6, 6.07) is 0. The van der Waals surface area contributed by atoms with Gasteiger partial charge in [0.1, 0.15) is 0 Å². The van der Waals surface area contributed by atoms with Crippen molar-refractivity contribution >= 4 is 0 Å². The topological polar surface area (TPSA) is 0 Å². The van der Waals surface area contributed by atoms with E-state index in [9.17, 15) is 0 Å². The maximum absolute atomic E-state index is 2.43. The molecule has 0 bridgehead atoms. The second kappa shape index (κ2) is 19.5. The molecule has 0 aromatic carbocycles. The molecule has 30 heavy (non-hydrogen) atoms. The van der Waals surface area contributed by atoms with E-state index in [4.69, 9.17) is 0 Å². The molecular weight excluding hydrogens is 591 g/mol. The van der Waals surface area contributed by atoms with E-state index >= 15 is 0 Å². The van der Waals surface area contributed by atoms with Crippen molar-refractivity contribution in [3.8, 4) is 0 Å². The van der Waals surface area contributed by atoms with Crippen LogP contribution in [0.1, 0.15) is 125 Å². The van der Waals surface area contributed by atoms with E-state index in [1.165, 1.54) is 5.92 Å². The molecule has 0 aromatic rings. The first-order valence-corrected chi connectivity index (χ1v) is 11.1. The minimum Gasteiger partial charge on any atom is -0.335 e. The summed E-state index contributed by atoms with van der Waals surface area (Å²) in [4.78, 5) is 0. The van der Waals surface area contributed by atoms with Gasteiger partial charge in [0.25, 0.3) is 0 Å². The van der Waals surface area contributed by atoms with Crippen LogP contribution in [0.15, 0.2) is 0 Å². The predicted molar refractivity (Wildman–Crippen MR) is 130 cm³/mol. The summed E-state index contributed by atoms with van der Waals surface area (Å²) < 4.78 is 0. The number of hydrogen-bond acceptors (Lipinski definition) is 0. The van der Waals surface area contributed by atoms with Crippen molar-refractivity contribution in [3.05, 3.63) is 12.3 Å². The molecule has 0 aliphatic rings. The van der Waals surface area contributed by atoms with Crippen LogP contribution in [0.5, 0.6) is 0 Å². The third kappa shape index (κ3) is 20.7. The van der Waals surface area contributed by atoms with E-state index in [1.54, 1.807) is 0 Å². The largest absolute Gasteiger partial charge is 0.335 e. The van der Waals surface area contributed by atoms with Gasteiger partial charge >= 0.3 is 0 Å². The van der Waals surface area contributed by atoms with Gasteiger partial charge in [-0.2, -0.15) is 33.6 Å². The molecule has 3 radical (unpaired) electrons. The van der Waals surface area contributed by atoms with Crippen LogP contribution in [0, 0.1) is 51.8 Å². The van der Waals surface area contributed by atoms with E-state index < -0.39 is 0 Å². The first-order chi connectivity index (χ1) is 11.6. The van der Waals surface area contributed by atoms with Crippen LogP contribution in [0.2, 0.25) is 0 Å². The van der Waals surface area contributed by atoms with Crippen LogP contribution in [0.25, 0.3) is 0 Å². The number of rotatable bonds is 3. The Morgan fingerprint density at radius 3 is 0.800 bits per heavy atom. The zero-order valence-corrected chi connectivity index (χ0v) is 33.1. The minimum atomic E-state index is 0. The van der Waals surface area contributed by atoms with Gasteiger partial charge in [-0.15, -0.1) is 0 Å². The quantitative estimate of drug-likeness (QED) is 0.267. The smallest absolute Gasteiger partial charge is 0 e. The molecule has 0 saturated heterocycles. The Balaban J connectivity index is -0.0000000833. The van der Waals surface area contributed by atoms with Gasteiger partial charge in [0, 0.05) is 98.1 Å². The Morgan fingerprint density at radius 2 is 0.733 bits per heavy atom. The van der Waals surface area contributed by atoms with Gasteiger partial charge in [0.05, 0.1) is 0 Å². The van der Waals surface area contributed by atoms with Crippen LogP contribution >= 0.6 is 0 Å². The van der Waals surface area contributed by atoms with Crippen molar-refractivity contribution in [1.82, 2.24) is 0 Å². The van der Waals surface area contributed by atoms with E-state index in [1.807, 2.05) is 20.3 Å². The van der Waals surface area contributed by atoms with Gasteiger partial charge in [-0.25, -0.2) is 0 Å². The molecule has 0 fully saturated rings. The third-order valence-electron chi connectivity index (χ3n) is 7.00. The van der Waals surface area contributed by atoms with Crippen molar-refractivity contribution in [1.29, 1.82) is 0 Å². The van der Waals surface area contributed by atoms with E-state index in [0.717, 1.165) is 17.8 Å². The zero-order valence-electron chi connectivity index (χ0n) is 24.5. The molecule has 177 valence electrons. The maximum Gasteiger partial charge on any atom is 0 e. The molecule has 3 heteroatoms. The summed E-state index contributed by atoms with van der Waals surface area (Å²) in [6.45, 7) is 41.3. The Kier molecular flexibility index (Phi) is 30.3. The first kappa shape index (κ1) is 46.6. The molecular formula is C27H58Y3-2. The average molecular weight is 649 g/mol. The molecule has 0 rings (SSSR count). The van der Waals surface area contributed by atoms with Gasteiger partial charge in [-0.3, -0.25) is 0 Å². The molecule has 0 nitrogen and oxygen atoms in total. The summed E-state index contributed by atoms with van der Waals surface area (Å²) in [5, 5.41) is 0. The van der Waals surface area contributed by atoms with Crippen molar-refractivity contribution < 1.29 is 98.1 Å². The fourth-order valence-corrected chi connectivity index (χ4v) is 3.47. The minimum absolute atomic E-state index is 0. The molecule has 0 N–H and O–H groups in total. The molecule has 0 aromatic heterocycles. The van der Waals surface area contributed by atoms with Gasteiger partial charge < -0.3 is 12.3 Å². The van der Waals surface area contributed by atoms with Crippen LogP contribution in [0.3, 0.4) is 0 Å². The standard InChI is InChI=1S/C15H32.C9H19.C3H7.3Y/c1-11(13(3,4)5)15(9,10)12(2)14(6,7)8;1-7(2)8(3)9(4,5)6;1-3-2;;;/h11-12H,1-10H3;8H,1-6H3;3H,1-2H3;;;/q;2*-1;;;. The molecule has 0 heterocycles. The van der Waals surface area contributed by atoms with Gasteiger partial charge in [0.15, 0.2) is 0 Å². The van der Waals surface area contributed by atoms with Gasteiger partial charge in [-0.05, 0) is 28.1 Å². The van der Waals surface area contributed by atoms with Crippen molar-refractivity contribution in [2.24, 2.45) is 39.4 Å². The molecule has 0 amide bonds. The number of hydrogen-bond donors (Lipinski definition) is 0. The summed E-state index contributed by atoms with van der Waals surface area (Å²) in [7, 11) is 0. The maximum atomic E-state index is 2.43. The summed E-state index contributed by atoms with van der Waals surface area (Å²) >= 11 is 0. The van der Waals surface area contributed by atoms with Crippen LogP contribution in [-0.4, -0.2) is 0 Å². The van der Waals surface area contributed by atoms with E-state index in [2.05, 4.69) is 111 Å². The molecule has 0 saturated carbocycles. The van der Waals surface area contributed by atoms with Crippen molar-refractivity contribution in [2.45, 2.75) is 125 Å². The van der Waals surface area contributed by atoms with Gasteiger partial charge in [-0.1, -0.05) is 102 Å². The third-order valence-corrected chi connectivity index (χ3v) is 7.00. The second-order valence-corrected chi connectivity index (χ2v) is 12.7. The first-order valence-electron chi connectivity index (χ1n) is 11.1. The second-order valence-electron chi connectivity index (χ2n) is 12.7. The Hall–Kier alpha value is 3.31. The van der Waals surface area contributed by atoms with Crippen molar-refractivity contribution in [2.75, 3.05) is 0 Å². The molecule has 3 atom stereocenters. The molecule has 0 aliphatic carbocycles. The Morgan fingerprint density at radius 1 is 0.533 bits per heavy atom. The monoisotopic (exact) mass is 649 g/mol. The molecule has 3 unspecified atom stereocenters. The van der Waals surface area contributed by atoms with Crippen LogP contribution < -0.4 is 0 Å². The molecule has 0 spiro atoms. The Bertz CT molecular complexity index is 343. The van der Waals surface area contributed by atoms with E-state index in [0.29, 0.717) is 21.7 Å². The predicted octanol–water partition coefficient (Wildman–Crippen LogP) is 9.88. The fraction of sp³-hybridized carbons (Fsp3) is 0.926. The zero-order chi connectivity index (χ0) is 23.0. The normalized spacial score (nSPS) is 14.9. The SMILES string of the molecule is CC(C(C)(C)C)C(C)(C)C(C)C(C)(C)C.C[C-](C)C(C)C(C)(C)C.C[CH-]C.[Y].[Y].[Y]. The fourth-order valence-electron chi connectivity index (χ4n) is 3.47. The van der Waals surface area contributed by atoms with E-state index in [-0.39, 0.29) is 98.1 Å². The summed E-state index contributed by atoms with van der Waals surface area (Å²) in [5.74, 6) is 3.71. The van der Waals surface area contributed by atoms with Crippen LogP contribution in [0.4, 0.5) is 0 Å². The van der Waals surface area contributed by atoms with Crippen LogP contribution in [-0.2, 0) is 98.1 Å².